The van der Waals surface area contributed by atoms with E-state index in [-0.39, 0.29) is 0 Å². The molecule has 0 saturated carbocycles. The molecule has 0 aliphatic rings. The Morgan fingerprint density at radius 2 is 1.74 bits per heavy atom. The molecule has 0 aliphatic carbocycles. The van der Waals surface area contributed by atoms with Gasteiger partial charge >= 0.3 is 0 Å². The van der Waals surface area contributed by atoms with E-state index in [1.165, 1.54) is 21.8 Å². The second-order valence-electron chi connectivity index (χ2n) is 6.77. The Labute approximate surface area is 157 Å². The maximum Gasteiger partial charge on any atom is 0.138 e. The van der Waals surface area contributed by atoms with Gasteiger partial charge in [-0.05, 0) is 50.2 Å². The Hall–Kier alpha value is -3.40. The van der Waals surface area contributed by atoms with Crippen LogP contribution in [0.3, 0.4) is 0 Å². The molecule has 0 saturated heterocycles. The fraction of sp³-hybridized carbons (Fsp3) is 0.130. The molecule has 5 aromatic rings. The van der Waals surface area contributed by atoms with Crippen LogP contribution >= 0.6 is 0 Å². The van der Waals surface area contributed by atoms with Crippen LogP contribution < -0.4 is 0 Å². The van der Waals surface area contributed by atoms with Gasteiger partial charge in [0.15, 0.2) is 0 Å². The number of para-hydroxylation sites is 1. The third-order valence-corrected chi connectivity index (χ3v) is 5.15. The molecule has 27 heavy (non-hydrogen) atoms. The molecule has 0 atom stereocenters. The Balaban J connectivity index is 1.70. The number of benzene rings is 2. The summed E-state index contributed by atoms with van der Waals surface area (Å²) in [4.78, 5) is 12.7. The number of H-pyrrole nitrogens is 1. The number of pyridine rings is 1. The van der Waals surface area contributed by atoms with Crippen LogP contribution in [0.15, 0.2) is 66.9 Å². The van der Waals surface area contributed by atoms with E-state index < -0.39 is 0 Å². The number of rotatable bonds is 3. The molecule has 1 N–H and O–H groups in total. The SMILES string of the molecule is CCn1c2ccccc2c2cc(-c3nc(-c4ccccn4)c(C)[nH]3)ccc21. The van der Waals surface area contributed by atoms with Gasteiger partial charge in [-0.25, -0.2) is 4.98 Å². The maximum atomic E-state index is 4.84. The number of aryl methyl sites for hydroxylation is 2. The molecule has 0 bridgehead atoms. The predicted octanol–water partition coefficient (Wildman–Crippen LogP) is 5.57. The molecule has 132 valence electrons. The van der Waals surface area contributed by atoms with Crippen LogP contribution in [-0.2, 0) is 6.54 Å². The van der Waals surface area contributed by atoms with Gasteiger partial charge in [0, 0.05) is 45.8 Å². The Kier molecular flexibility index (Phi) is 3.57. The van der Waals surface area contributed by atoms with Gasteiger partial charge in [-0.3, -0.25) is 4.98 Å². The first-order chi connectivity index (χ1) is 13.3. The molecule has 4 nitrogen and oxygen atoms in total. The van der Waals surface area contributed by atoms with Gasteiger partial charge in [0.2, 0.25) is 0 Å². The Bertz CT molecular complexity index is 1260. The second-order valence-corrected chi connectivity index (χ2v) is 6.77. The molecule has 0 unspecified atom stereocenters. The van der Waals surface area contributed by atoms with Crippen molar-refractivity contribution < 1.29 is 0 Å². The molecule has 2 aromatic carbocycles. The average Bonchev–Trinajstić information content (AvgIpc) is 3.26. The van der Waals surface area contributed by atoms with E-state index in [0.717, 1.165) is 35.0 Å². The molecule has 4 heteroatoms. The van der Waals surface area contributed by atoms with Crippen LogP contribution in [-0.4, -0.2) is 19.5 Å². The van der Waals surface area contributed by atoms with Crippen LogP contribution in [0, 0.1) is 6.92 Å². The predicted molar refractivity (Wildman–Crippen MR) is 111 cm³/mol. The van der Waals surface area contributed by atoms with Crippen molar-refractivity contribution in [2.24, 2.45) is 0 Å². The van der Waals surface area contributed by atoms with Crippen molar-refractivity contribution in [2.45, 2.75) is 20.4 Å². The molecule has 3 heterocycles. The zero-order valence-electron chi connectivity index (χ0n) is 15.4. The minimum atomic E-state index is 0.878. The number of hydrogen-bond acceptors (Lipinski definition) is 2. The van der Waals surface area contributed by atoms with Gasteiger partial charge in [-0.15, -0.1) is 0 Å². The summed E-state index contributed by atoms with van der Waals surface area (Å²) in [5.41, 5.74) is 6.45. The lowest BCUT2D eigenvalue weighted by atomic mass is 10.1. The van der Waals surface area contributed by atoms with Gasteiger partial charge in [-0.2, -0.15) is 0 Å². The fourth-order valence-corrected chi connectivity index (χ4v) is 3.89. The summed E-state index contributed by atoms with van der Waals surface area (Å²) in [5, 5.41) is 2.54. The highest BCUT2D eigenvalue weighted by molar-refractivity contribution is 6.09. The summed E-state index contributed by atoms with van der Waals surface area (Å²) in [6, 6.07) is 21.1. The van der Waals surface area contributed by atoms with Crippen LogP contribution in [0.1, 0.15) is 12.6 Å². The van der Waals surface area contributed by atoms with E-state index in [4.69, 9.17) is 4.98 Å². The topological polar surface area (TPSA) is 46.5 Å². The maximum absolute atomic E-state index is 4.84. The molecule has 0 radical (unpaired) electrons. The largest absolute Gasteiger partial charge is 0.341 e. The number of nitrogens with one attached hydrogen (secondary N) is 1. The van der Waals surface area contributed by atoms with Crippen molar-refractivity contribution in [3.05, 3.63) is 72.6 Å². The lowest BCUT2D eigenvalue weighted by Crippen LogP contribution is -1.92. The Morgan fingerprint density at radius 1 is 0.926 bits per heavy atom. The van der Waals surface area contributed by atoms with E-state index in [0.29, 0.717) is 0 Å². The van der Waals surface area contributed by atoms with Crippen molar-refractivity contribution in [3.8, 4) is 22.8 Å². The quantitative estimate of drug-likeness (QED) is 0.461. The van der Waals surface area contributed by atoms with Gasteiger partial charge < -0.3 is 9.55 Å². The van der Waals surface area contributed by atoms with Gasteiger partial charge in [0.1, 0.15) is 11.5 Å². The number of fused-ring (bicyclic) bond motifs is 3. The zero-order chi connectivity index (χ0) is 18.4. The van der Waals surface area contributed by atoms with Crippen molar-refractivity contribution >= 4 is 21.8 Å². The first kappa shape index (κ1) is 15.8. The molecule has 0 amide bonds. The van der Waals surface area contributed by atoms with E-state index >= 15 is 0 Å². The normalized spacial score (nSPS) is 11.5. The minimum absolute atomic E-state index is 0.878. The van der Waals surface area contributed by atoms with Crippen molar-refractivity contribution in [1.29, 1.82) is 0 Å². The lowest BCUT2D eigenvalue weighted by molar-refractivity contribution is 0.827. The molecular weight excluding hydrogens is 332 g/mol. The number of nitrogens with zero attached hydrogens (tertiary/aromatic N) is 3. The number of aromatic amines is 1. The van der Waals surface area contributed by atoms with Crippen LogP contribution in [0.4, 0.5) is 0 Å². The van der Waals surface area contributed by atoms with Crippen LogP contribution in [0.2, 0.25) is 0 Å². The first-order valence-electron chi connectivity index (χ1n) is 9.25. The number of imidazole rings is 1. The summed E-state index contributed by atoms with van der Waals surface area (Å²) in [6.07, 6.45) is 1.80. The Morgan fingerprint density at radius 3 is 2.56 bits per heavy atom. The van der Waals surface area contributed by atoms with Crippen molar-refractivity contribution in [1.82, 2.24) is 19.5 Å². The first-order valence-corrected chi connectivity index (χ1v) is 9.25. The fourth-order valence-electron chi connectivity index (χ4n) is 3.89. The lowest BCUT2D eigenvalue weighted by Gasteiger charge is -2.03. The molecule has 5 rings (SSSR count). The van der Waals surface area contributed by atoms with E-state index in [1.807, 2.05) is 25.1 Å². The molecule has 0 aliphatic heterocycles. The molecule has 3 aromatic heterocycles. The smallest absolute Gasteiger partial charge is 0.138 e. The monoisotopic (exact) mass is 352 g/mol. The molecule has 0 spiro atoms. The van der Waals surface area contributed by atoms with Crippen LogP contribution in [0.5, 0.6) is 0 Å². The minimum Gasteiger partial charge on any atom is -0.341 e. The van der Waals surface area contributed by atoms with Crippen molar-refractivity contribution in [2.75, 3.05) is 0 Å². The van der Waals surface area contributed by atoms with E-state index in [9.17, 15) is 0 Å². The highest BCUT2D eigenvalue weighted by Gasteiger charge is 2.14. The summed E-state index contributed by atoms with van der Waals surface area (Å²) in [5.74, 6) is 0.878. The summed E-state index contributed by atoms with van der Waals surface area (Å²) < 4.78 is 2.36. The van der Waals surface area contributed by atoms with E-state index in [2.05, 4.69) is 63.9 Å². The van der Waals surface area contributed by atoms with Crippen molar-refractivity contribution in [3.63, 3.8) is 0 Å². The summed E-state index contributed by atoms with van der Waals surface area (Å²) in [6.45, 7) is 5.18. The highest BCUT2D eigenvalue weighted by Crippen LogP contribution is 2.32. The van der Waals surface area contributed by atoms with Crippen LogP contribution in [0.25, 0.3) is 44.6 Å². The van der Waals surface area contributed by atoms with Gasteiger partial charge in [-0.1, -0.05) is 24.3 Å². The molecular formula is C23H20N4. The second kappa shape index (κ2) is 6.09. The standard InChI is InChI=1S/C23H20N4/c1-3-27-20-10-5-4-8-17(20)18-14-16(11-12-21(18)27)23-25-15(2)22(26-23)19-9-6-7-13-24-19/h4-14H,3H2,1-2H3,(H,25,26). The van der Waals surface area contributed by atoms with Gasteiger partial charge in [0.25, 0.3) is 0 Å². The number of aromatic nitrogens is 4. The zero-order valence-corrected chi connectivity index (χ0v) is 15.4. The molecule has 0 fully saturated rings. The van der Waals surface area contributed by atoms with E-state index in [1.54, 1.807) is 6.20 Å². The van der Waals surface area contributed by atoms with Gasteiger partial charge in [0.05, 0.1) is 5.69 Å². The highest BCUT2D eigenvalue weighted by atomic mass is 15.0. The third-order valence-electron chi connectivity index (χ3n) is 5.15. The average molecular weight is 352 g/mol. The summed E-state index contributed by atoms with van der Waals surface area (Å²) in [7, 11) is 0. The number of hydrogen-bond donors (Lipinski definition) is 1. The third kappa shape index (κ3) is 2.45. The summed E-state index contributed by atoms with van der Waals surface area (Å²) >= 11 is 0.